The molecule has 0 radical (unpaired) electrons. The van der Waals surface area contributed by atoms with E-state index in [1.807, 2.05) is 0 Å². The van der Waals surface area contributed by atoms with Crippen LogP contribution in [-0.4, -0.2) is 17.4 Å². The fraction of sp³-hybridized carbons (Fsp3) is 0.900. The van der Waals surface area contributed by atoms with Crippen LogP contribution < -0.4 is 5.32 Å². The normalized spacial score (nSPS) is 47.7. The number of nitrogens with one attached hydrogen (secondary N) is 1. The number of ketones is 1. The van der Waals surface area contributed by atoms with Crippen LogP contribution in [0.4, 0.5) is 0 Å². The Morgan fingerprint density at radius 3 is 3.08 bits per heavy atom. The summed E-state index contributed by atoms with van der Waals surface area (Å²) >= 11 is 0. The minimum atomic E-state index is 0.131. The van der Waals surface area contributed by atoms with Gasteiger partial charge in [-0.3, -0.25) is 4.79 Å². The molecule has 2 heterocycles. The van der Waals surface area contributed by atoms with Crippen LogP contribution >= 0.6 is 0 Å². The van der Waals surface area contributed by atoms with Crippen molar-refractivity contribution in [1.29, 1.82) is 0 Å². The van der Waals surface area contributed by atoms with E-state index in [1.165, 1.54) is 19.3 Å². The summed E-state index contributed by atoms with van der Waals surface area (Å²) in [6.07, 6.45) is 4.38. The van der Waals surface area contributed by atoms with Crippen molar-refractivity contribution in [3.8, 4) is 0 Å². The number of rotatable bonds is 0. The van der Waals surface area contributed by atoms with Gasteiger partial charge in [0, 0.05) is 23.9 Å². The molecule has 0 aromatic carbocycles. The Hall–Kier alpha value is -0.370. The fourth-order valence-electron chi connectivity index (χ4n) is 2.59. The number of carbonyl (C=O) groups excluding carboxylic acids is 1. The smallest absolute Gasteiger partial charge is 0.139 e. The van der Waals surface area contributed by atoms with Gasteiger partial charge < -0.3 is 5.32 Å². The van der Waals surface area contributed by atoms with Crippen LogP contribution in [0.15, 0.2) is 0 Å². The molecule has 12 heavy (non-hydrogen) atoms. The Kier molecular flexibility index (Phi) is 1.76. The molecule has 2 fully saturated rings. The molecule has 2 rings (SSSR count). The van der Waals surface area contributed by atoms with Crippen LogP contribution in [0.3, 0.4) is 0 Å². The molecule has 0 unspecified atom stereocenters. The van der Waals surface area contributed by atoms with E-state index in [1.54, 1.807) is 0 Å². The molecule has 0 spiro atoms. The van der Waals surface area contributed by atoms with Gasteiger partial charge in [-0.05, 0) is 19.8 Å². The first kappa shape index (κ1) is 8.24. The van der Waals surface area contributed by atoms with Gasteiger partial charge in [-0.25, -0.2) is 0 Å². The molecule has 2 bridgehead atoms. The highest BCUT2D eigenvalue weighted by atomic mass is 16.1. The van der Waals surface area contributed by atoms with Gasteiger partial charge in [0.05, 0.1) is 0 Å². The lowest BCUT2D eigenvalue weighted by atomic mass is 9.73. The van der Waals surface area contributed by atoms with E-state index in [-0.39, 0.29) is 11.5 Å². The standard InChI is InChI=1S/C10H17NO/c1-7-8-4-3-5-10(2,11-8)6-9(7)12/h7-8,11H,3-6H2,1-2H3/t7-,8+,10-/m1/s1. The number of Topliss-reactive ketones (excluding diaryl/α,β-unsaturated/α-hetero) is 1. The second-order valence-electron chi connectivity index (χ2n) is 4.64. The first-order valence-corrected chi connectivity index (χ1v) is 4.91. The highest BCUT2D eigenvalue weighted by Crippen LogP contribution is 2.34. The van der Waals surface area contributed by atoms with Gasteiger partial charge in [0.25, 0.3) is 0 Å². The number of fused-ring (bicyclic) bond motifs is 2. The summed E-state index contributed by atoms with van der Waals surface area (Å²) in [7, 11) is 0. The summed E-state index contributed by atoms with van der Waals surface area (Å²) in [6, 6.07) is 0.463. The minimum absolute atomic E-state index is 0.131. The SMILES string of the molecule is C[C@H]1C(=O)C[C@@]2(C)CCC[C@@H]1N2. The highest BCUT2D eigenvalue weighted by Gasteiger charge is 2.42. The Balaban J connectivity index is 2.20. The van der Waals surface area contributed by atoms with Crippen molar-refractivity contribution in [3.63, 3.8) is 0 Å². The molecule has 1 N–H and O–H groups in total. The second-order valence-corrected chi connectivity index (χ2v) is 4.64. The summed E-state index contributed by atoms with van der Waals surface area (Å²) < 4.78 is 0. The molecule has 2 nitrogen and oxygen atoms in total. The van der Waals surface area contributed by atoms with Gasteiger partial charge in [-0.15, -0.1) is 0 Å². The minimum Gasteiger partial charge on any atom is -0.308 e. The first-order chi connectivity index (χ1) is 5.61. The number of piperidine rings is 2. The van der Waals surface area contributed by atoms with Gasteiger partial charge in [-0.2, -0.15) is 0 Å². The predicted molar refractivity (Wildman–Crippen MR) is 48.0 cm³/mol. The summed E-state index contributed by atoms with van der Waals surface area (Å²) in [5, 5.41) is 3.59. The van der Waals surface area contributed by atoms with E-state index in [4.69, 9.17) is 0 Å². The van der Waals surface area contributed by atoms with Crippen molar-refractivity contribution < 1.29 is 4.79 Å². The molecule has 0 aromatic rings. The monoisotopic (exact) mass is 167 g/mol. The van der Waals surface area contributed by atoms with Crippen LogP contribution in [0.25, 0.3) is 0 Å². The van der Waals surface area contributed by atoms with Gasteiger partial charge in [0.15, 0.2) is 0 Å². The Bertz CT molecular complexity index is 214. The topological polar surface area (TPSA) is 29.1 Å². The molecular formula is C10H17NO. The fourth-order valence-corrected chi connectivity index (χ4v) is 2.59. The zero-order chi connectivity index (χ0) is 8.77. The van der Waals surface area contributed by atoms with E-state index in [2.05, 4.69) is 19.2 Å². The van der Waals surface area contributed by atoms with E-state index in [0.717, 1.165) is 6.42 Å². The third kappa shape index (κ3) is 1.18. The van der Waals surface area contributed by atoms with Gasteiger partial charge in [-0.1, -0.05) is 13.3 Å². The largest absolute Gasteiger partial charge is 0.308 e. The van der Waals surface area contributed by atoms with Crippen molar-refractivity contribution in [3.05, 3.63) is 0 Å². The molecule has 0 aliphatic carbocycles. The molecule has 2 aliphatic heterocycles. The van der Waals surface area contributed by atoms with Gasteiger partial charge in [0.2, 0.25) is 0 Å². The zero-order valence-corrected chi connectivity index (χ0v) is 7.89. The van der Waals surface area contributed by atoms with Crippen molar-refractivity contribution in [1.82, 2.24) is 5.32 Å². The molecule has 2 aliphatic rings. The van der Waals surface area contributed by atoms with Crippen molar-refractivity contribution in [2.45, 2.75) is 51.1 Å². The van der Waals surface area contributed by atoms with Crippen LogP contribution in [0.5, 0.6) is 0 Å². The van der Waals surface area contributed by atoms with Crippen LogP contribution in [0.1, 0.15) is 39.5 Å². The third-order valence-corrected chi connectivity index (χ3v) is 3.45. The maximum Gasteiger partial charge on any atom is 0.139 e. The highest BCUT2D eigenvalue weighted by molar-refractivity contribution is 5.83. The summed E-state index contributed by atoms with van der Waals surface area (Å²) in [6.45, 7) is 4.24. The van der Waals surface area contributed by atoms with Crippen molar-refractivity contribution in [2.24, 2.45) is 5.92 Å². The van der Waals surface area contributed by atoms with E-state index in [9.17, 15) is 4.79 Å². The van der Waals surface area contributed by atoms with Gasteiger partial charge >= 0.3 is 0 Å². The quantitative estimate of drug-likeness (QED) is 0.592. The van der Waals surface area contributed by atoms with E-state index in [0.29, 0.717) is 11.8 Å². The maximum atomic E-state index is 11.6. The Morgan fingerprint density at radius 1 is 1.58 bits per heavy atom. The Labute approximate surface area is 73.7 Å². The summed E-state index contributed by atoms with van der Waals surface area (Å²) in [5.41, 5.74) is 0.131. The van der Waals surface area contributed by atoms with Crippen LogP contribution in [-0.2, 0) is 4.79 Å². The maximum absolute atomic E-state index is 11.6. The third-order valence-electron chi connectivity index (χ3n) is 3.45. The predicted octanol–water partition coefficient (Wildman–Crippen LogP) is 1.50. The summed E-state index contributed by atoms with van der Waals surface area (Å²) in [5.74, 6) is 0.708. The first-order valence-electron chi connectivity index (χ1n) is 4.91. The lowest BCUT2D eigenvalue weighted by molar-refractivity contribution is -0.128. The number of carbonyl (C=O) groups is 1. The van der Waals surface area contributed by atoms with Crippen LogP contribution in [0, 0.1) is 5.92 Å². The lowest BCUT2D eigenvalue weighted by Gasteiger charge is -2.46. The molecular weight excluding hydrogens is 150 g/mol. The summed E-state index contributed by atoms with van der Waals surface area (Å²) in [4.78, 5) is 11.6. The number of hydrogen-bond donors (Lipinski definition) is 1. The molecule has 2 saturated heterocycles. The zero-order valence-electron chi connectivity index (χ0n) is 7.89. The Morgan fingerprint density at radius 2 is 2.33 bits per heavy atom. The molecule has 3 atom stereocenters. The number of hydrogen-bond acceptors (Lipinski definition) is 2. The molecule has 0 saturated carbocycles. The molecule has 0 aromatic heterocycles. The van der Waals surface area contributed by atoms with Crippen molar-refractivity contribution >= 4 is 5.78 Å². The van der Waals surface area contributed by atoms with Crippen LogP contribution in [0.2, 0.25) is 0 Å². The lowest BCUT2D eigenvalue weighted by Crippen LogP contribution is -2.60. The second kappa shape index (κ2) is 2.56. The average Bonchev–Trinajstić information content (AvgIpc) is 2.00. The molecule has 0 amide bonds. The molecule has 68 valence electrons. The van der Waals surface area contributed by atoms with Crippen molar-refractivity contribution in [2.75, 3.05) is 0 Å². The van der Waals surface area contributed by atoms with Gasteiger partial charge in [0.1, 0.15) is 5.78 Å². The van der Waals surface area contributed by atoms with E-state index < -0.39 is 0 Å². The molecule has 2 heteroatoms. The average molecular weight is 167 g/mol. The van der Waals surface area contributed by atoms with E-state index >= 15 is 0 Å².